The maximum absolute atomic E-state index is 13.1. The number of nitrogens with zero attached hydrogens (tertiary/aromatic N) is 2. The first-order valence-corrected chi connectivity index (χ1v) is 12.6. The molecule has 1 heterocycles. The van der Waals surface area contributed by atoms with E-state index < -0.39 is 5.25 Å². The molecule has 0 aliphatic carbocycles. The monoisotopic (exact) mass is 499 g/mol. The van der Waals surface area contributed by atoms with E-state index in [0.717, 1.165) is 17.7 Å². The second-order valence-electron chi connectivity index (χ2n) is 7.88. The molecule has 0 aromatic heterocycles. The van der Waals surface area contributed by atoms with E-state index in [-0.39, 0.29) is 18.2 Å². The predicted octanol–water partition coefficient (Wildman–Crippen LogP) is 4.07. The van der Waals surface area contributed by atoms with Gasteiger partial charge in [0.05, 0.1) is 26.5 Å². The Hall–Kier alpha value is -3.20. The Kier molecular flexibility index (Phi) is 9.84. The van der Waals surface area contributed by atoms with Gasteiger partial charge in [-0.25, -0.2) is 4.90 Å². The summed E-state index contributed by atoms with van der Waals surface area (Å²) in [6.45, 7) is 5.83. The van der Waals surface area contributed by atoms with Gasteiger partial charge in [0.2, 0.25) is 11.8 Å². The molecule has 1 atom stereocenters. The van der Waals surface area contributed by atoms with Crippen LogP contribution in [0.4, 0.5) is 5.69 Å². The molecular formula is C26H33N3O5S. The molecule has 188 valence electrons. The summed E-state index contributed by atoms with van der Waals surface area (Å²) < 4.78 is 16.2. The number of ether oxygens (including phenoxy) is 3. The van der Waals surface area contributed by atoms with Crippen LogP contribution < -0.4 is 24.4 Å². The van der Waals surface area contributed by atoms with Crippen molar-refractivity contribution in [2.24, 2.45) is 4.99 Å². The lowest BCUT2D eigenvalue weighted by molar-refractivity contribution is -0.121. The van der Waals surface area contributed by atoms with Crippen molar-refractivity contribution in [3.8, 4) is 17.2 Å². The lowest BCUT2D eigenvalue weighted by atomic mass is 10.1. The summed E-state index contributed by atoms with van der Waals surface area (Å²) in [4.78, 5) is 31.7. The molecule has 1 aliphatic heterocycles. The molecule has 1 fully saturated rings. The van der Waals surface area contributed by atoms with E-state index in [1.807, 2.05) is 32.0 Å². The molecule has 0 radical (unpaired) electrons. The number of methoxy groups -OCH3 is 2. The number of carbonyl (C=O) groups excluding carboxylic acids is 2. The molecule has 35 heavy (non-hydrogen) atoms. The summed E-state index contributed by atoms with van der Waals surface area (Å²) in [6.07, 6.45) is 1.75. The molecule has 3 rings (SSSR count). The van der Waals surface area contributed by atoms with Gasteiger partial charge in [0.25, 0.3) is 0 Å². The van der Waals surface area contributed by atoms with E-state index in [2.05, 4.69) is 10.3 Å². The molecular weight excluding hydrogens is 466 g/mol. The second kappa shape index (κ2) is 13.0. The van der Waals surface area contributed by atoms with Gasteiger partial charge in [-0.2, -0.15) is 0 Å². The van der Waals surface area contributed by atoms with Gasteiger partial charge in [0, 0.05) is 19.5 Å². The van der Waals surface area contributed by atoms with Crippen molar-refractivity contribution in [1.82, 2.24) is 5.32 Å². The van der Waals surface area contributed by atoms with Gasteiger partial charge < -0.3 is 19.5 Å². The standard InChI is InChI=1S/C26H33N3O5S/c1-5-15-34-20-10-8-19(9-11-20)29-24(30)17-23(25(29)31)35-26(27-6-2)28-14-13-18-7-12-21(32-3)22(16-18)33-4/h7-12,16,23H,5-6,13-15,17H2,1-4H3,(H,27,28)/t23-/m0/s1. The molecule has 1 N–H and O–H groups in total. The van der Waals surface area contributed by atoms with Gasteiger partial charge in [-0.1, -0.05) is 24.8 Å². The Morgan fingerprint density at radius 1 is 1.09 bits per heavy atom. The third-order valence-electron chi connectivity index (χ3n) is 5.36. The van der Waals surface area contributed by atoms with Crippen molar-refractivity contribution in [2.75, 3.05) is 38.8 Å². The fourth-order valence-corrected chi connectivity index (χ4v) is 4.72. The molecule has 0 bridgehead atoms. The number of rotatable bonds is 11. The lowest BCUT2D eigenvalue weighted by Crippen LogP contribution is -2.32. The van der Waals surface area contributed by atoms with Crippen LogP contribution >= 0.6 is 11.8 Å². The zero-order valence-electron chi connectivity index (χ0n) is 20.7. The van der Waals surface area contributed by atoms with Gasteiger partial charge in [-0.15, -0.1) is 0 Å². The van der Waals surface area contributed by atoms with Crippen LogP contribution in [0.1, 0.15) is 32.3 Å². The zero-order chi connectivity index (χ0) is 25.2. The molecule has 1 saturated heterocycles. The van der Waals surface area contributed by atoms with Crippen LogP contribution in [0.25, 0.3) is 0 Å². The minimum atomic E-state index is -0.516. The van der Waals surface area contributed by atoms with Crippen LogP contribution in [-0.2, 0) is 16.0 Å². The van der Waals surface area contributed by atoms with E-state index in [0.29, 0.717) is 48.5 Å². The number of hydrogen-bond donors (Lipinski definition) is 1. The van der Waals surface area contributed by atoms with E-state index in [1.54, 1.807) is 38.5 Å². The molecule has 2 amide bonds. The Labute approximate surface area is 211 Å². The number of imide groups is 1. The number of nitrogens with one attached hydrogen (secondary N) is 1. The van der Waals surface area contributed by atoms with Gasteiger partial charge >= 0.3 is 0 Å². The number of anilines is 1. The average molecular weight is 500 g/mol. The minimum absolute atomic E-state index is 0.137. The summed E-state index contributed by atoms with van der Waals surface area (Å²) >= 11 is 1.31. The van der Waals surface area contributed by atoms with E-state index in [4.69, 9.17) is 14.2 Å². The van der Waals surface area contributed by atoms with Crippen molar-refractivity contribution in [3.05, 3.63) is 48.0 Å². The fourth-order valence-electron chi connectivity index (χ4n) is 3.62. The highest BCUT2D eigenvalue weighted by molar-refractivity contribution is 8.15. The molecule has 0 saturated carbocycles. The highest BCUT2D eigenvalue weighted by Gasteiger charge is 2.40. The van der Waals surface area contributed by atoms with Crippen molar-refractivity contribution < 1.29 is 23.8 Å². The third kappa shape index (κ3) is 6.91. The predicted molar refractivity (Wildman–Crippen MR) is 140 cm³/mol. The van der Waals surface area contributed by atoms with Gasteiger partial charge in [-0.3, -0.25) is 14.6 Å². The molecule has 9 heteroatoms. The fraction of sp³-hybridized carbons (Fsp3) is 0.423. The first kappa shape index (κ1) is 26.4. The SMILES string of the molecule is CCCOc1ccc(N2C(=O)C[C@H](SC(=NCCc3ccc(OC)c(OC)c3)NCC)C2=O)cc1. The highest BCUT2D eigenvalue weighted by Crippen LogP contribution is 2.31. The number of thioether (sulfide) groups is 1. The van der Waals surface area contributed by atoms with Gasteiger partial charge in [-0.05, 0) is 61.7 Å². The second-order valence-corrected chi connectivity index (χ2v) is 9.07. The smallest absolute Gasteiger partial charge is 0.247 e. The van der Waals surface area contributed by atoms with Crippen LogP contribution in [0, 0.1) is 0 Å². The summed E-state index contributed by atoms with van der Waals surface area (Å²) in [7, 11) is 3.21. The Bertz CT molecular complexity index is 1040. The third-order valence-corrected chi connectivity index (χ3v) is 6.51. The number of carbonyl (C=O) groups is 2. The maximum atomic E-state index is 13.1. The lowest BCUT2D eigenvalue weighted by Gasteiger charge is -2.16. The molecule has 2 aromatic rings. The Morgan fingerprint density at radius 3 is 2.49 bits per heavy atom. The number of hydrogen-bond acceptors (Lipinski definition) is 7. The van der Waals surface area contributed by atoms with Crippen LogP contribution in [0.3, 0.4) is 0 Å². The summed E-state index contributed by atoms with van der Waals surface area (Å²) in [5, 5.41) is 3.36. The molecule has 8 nitrogen and oxygen atoms in total. The van der Waals surface area contributed by atoms with Gasteiger partial charge in [0.15, 0.2) is 16.7 Å². The number of amides is 2. The number of aliphatic imine (C=N–C) groups is 1. The molecule has 1 aliphatic rings. The van der Waals surface area contributed by atoms with Crippen LogP contribution in [-0.4, -0.2) is 56.1 Å². The van der Waals surface area contributed by atoms with E-state index in [9.17, 15) is 9.59 Å². The summed E-state index contributed by atoms with van der Waals surface area (Å²) in [6, 6.07) is 12.8. The van der Waals surface area contributed by atoms with Crippen molar-refractivity contribution in [3.63, 3.8) is 0 Å². The molecule has 0 spiro atoms. The van der Waals surface area contributed by atoms with Crippen molar-refractivity contribution >= 4 is 34.4 Å². The van der Waals surface area contributed by atoms with Crippen molar-refractivity contribution in [1.29, 1.82) is 0 Å². The van der Waals surface area contributed by atoms with E-state index >= 15 is 0 Å². The van der Waals surface area contributed by atoms with Crippen LogP contribution in [0.2, 0.25) is 0 Å². The summed E-state index contributed by atoms with van der Waals surface area (Å²) in [5.41, 5.74) is 1.62. The minimum Gasteiger partial charge on any atom is -0.494 e. The number of amidine groups is 1. The van der Waals surface area contributed by atoms with Gasteiger partial charge in [0.1, 0.15) is 11.0 Å². The topological polar surface area (TPSA) is 89.5 Å². The quantitative estimate of drug-likeness (QED) is 0.283. The average Bonchev–Trinajstić information content (AvgIpc) is 3.15. The van der Waals surface area contributed by atoms with E-state index in [1.165, 1.54) is 16.7 Å². The Morgan fingerprint density at radius 2 is 1.83 bits per heavy atom. The maximum Gasteiger partial charge on any atom is 0.247 e. The van der Waals surface area contributed by atoms with Crippen molar-refractivity contribution in [2.45, 2.75) is 38.4 Å². The zero-order valence-corrected chi connectivity index (χ0v) is 21.5. The normalized spacial score (nSPS) is 15.9. The number of benzene rings is 2. The highest BCUT2D eigenvalue weighted by atomic mass is 32.2. The Balaban J connectivity index is 1.63. The van der Waals surface area contributed by atoms with Crippen LogP contribution in [0.5, 0.6) is 17.2 Å². The summed E-state index contributed by atoms with van der Waals surface area (Å²) in [5.74, 6) is 1.64. The first-order valence-electron chi connectivity index (χ1n) is 11.8. The molecule has 0 unspecified atom stereocenters. The molecule has 2 aromatic carbocycles. The largest absolute Gasteiger partial charge is 0.494 e. The van der Waals surface area contributed by atoms with Crippen LogP contribution in [0.15, 0.2) is 47.5 Å². The first-order chi connectivity index (χ1) is 17.0.